The van der Waals surface area contributed by atoms with Crippen LogP contribution in [0.15, 0.2) is 33.3 Å². The molecule has 0 aromatic carbocycles. The summed E-state index contributed by atoms with van der Waals surface area (Å²) in [6, 6.07) is 0. The summed E-state index contributed by atoms with van der Waals surface area (Å²) in [6.07, 6.45) is 3.56. The van der Waals surface area contributed by atoms with Crippen LogP contribution in [0.4, 0.5) is 0 Å². The molecule has 1 fully saturated rings. The van der Waals surface area contributed by atoms with Crippen LogP contribution >= 0.6 is 46.6 Å². The van der Waals surface area contributed by atoms with Crippen LogP contribution in [0, 0.1) is 5.41 Å². The molecule has 6 heterocycles. The number of fused-ring (bicyclic) bond motifs is 1. The lowest BCUT2D eigenvalue weighted by Gasteiger charge is -2.29. The van der Waals surface area contributed by atoms with Gasteiger partial charge in [0.25, 0.3) is 0 Å². The fraction of sp³-hybridized carbons (Fsp3) is 0.571. The van der Waals surface area contributed by atoms with E-state index in [9.17, 15) is 0 Å². The highest BCUT2D eigenvalue weighted by Crippen LogP contribution is 2.55. The summed E-state index contributed by atoms with van der Waals surface area (Å²) in [5.41, 5.74) is -0.00969. The molecule has 40 heavy (non-hydrogen) atoms. The first-order chi connectivity index (χ1) is 19.4. The molecule has 0 radical (unpaired) electrons. The van der Waals surface area contributed by atoms with Gasteiger partial charge in [0.15, 0.2) is 33.9 Å². The second kappa shape index (κ2) is 11.9. The van der Waals surface area contributed by atoms with Gasteiger partial charge in [0, 0.05) is 4.91 Å². The zero-order valence-corrected chi connectivity index (χ0v) is 26.6. The molecule has 0 bridgehead atoms. The number of thioether (sulfide) groups is 3. The van der Waals surface area contributed by atoms with Crippen molar-refractivity contribution in [1.82, 2.24) is 0 Å². The Hall–Kier alpha value is -1.73. The second-order valence-corrected chi connectivity index (χ2v) is 14.5. The molecule has 0 amide bonds. The zero-order chi connectivity index (χ0) is 27.9. The maximum absolute atomic E-state index is 6.39. The molecule has 218 valence electrons. The molecule has 0 saturated carbocycles. The van der Waals surface area contributed by atoms with Crippen LogP contribution < -0.4 is 18.5 Å². The molecule has 1 aromatic heterocycles. The van der Waals surface area contributed by atoms with E-state index in [2.05, 4.69) is 27.7 Å². The minimum absolute atomic E-state index is 0.00969. The Morgan fingerprint density at radius 2 is 1.60 bits per heavy atom. The third-order valence-electron chi connectivity index (χ3n) is 6.63. The number of hydrogen-bond donors (Lipinski definition) is 0. The minimum atomic E-state index is -0.150. The summed E-state index contributed by atoms with van der Waals surface area (Å²) in [4.78, 5) is 3.06. The predicted molar refractivity (Wildman–Crippen MR) is 161 cm³/mol. The number of hydrogen-bond acceptors (Lipinski definition) is 12. The van der Waals surface area contributed by atoms with E-state index in [1.807, 2.05) is 6.26 Å². The molecule has 5 aliphatic heterocycles. The maximum Gasteiger partial charge on any atom is 0.184 e. The van der Waals surface area contributed by atoms with Gasteiger partial charge in [0.2, 0.25) is 0 Å². The average molecular weight is 627 g/mol. The van der Waals surface area contributed by atoms with Gasteiger partial charge in [-0.15, -0.1) is 34.9 Å². The minimum Gasteiger partial charge on any atom is -0.494 e. The van der Waals surface area contributed by atoms with Crippen molar-refractivity contribution >= 4 is 56.6 Å². The fourth-order valence-corrected chi connectivity index (χ4v) is 9.66. The first kappa shape index (κ1) is 28.4. The van der Waals surface area contributed by atoms with Crippen LogP contribution in [0.2, 0.25) is 0 Å². The molecule has 2 atom stereocenters. The van der Waals surface area contributed by atoms with Gasteiger partial charge in [-0.2, -0.15) is 0 Å². The molecule has 0 spiro atoms. The maximum atomic E-state index is 6.39. The van der Waals surface area contributed by atoms with Crippen LogP contribution in [-0.4, -0.2) is 70.5 Å². The summed E-state index contributed by atoms with van der Waals surface area (Å²) in [5.74, 6) is 3.90. The number of rotatable bonds is 2. The molecule has 0 N–H and O–H groups in total. The smallest absolute Gasteiger partial charge is 0.184 e. The van der Waals surface area contributed by atoms with Gasteiger partial charge in [0.05, 0.1) is 32.3 Å². The van der Waals surface area contributed by atoms with Gasteiger partial charge in [-0.25, -0.2) is 0 Å². The van der Waals surface area contributed by atoms with E-state index in [1.54, 1.807) is 52.9 Å². The Kier molecular flexibility index (Phi) is 8.43. The highest BCUT2D eigenvalue weighted by molar-refractivity contribution is 8.12. The molecule has 6 rings (SSSR count). The lowest BCUT2D eigenvalue weighted by atomic mass is 9.90. The SMILES string of the molecule is CS/C(C1=COCCO1)=c1/s/c(=C2\OCCOC(C)/C(=C3\SC(C(C)(C)C)C4=C3OCCO4)S2)c2c1OCCO2. The van der Waals surface area contributed by atoms with E-state index < -0.39 is 0 Å². The lowest BCUT2D eigenvalue weighted by molar-refractivity contribution is 0.0553. The van der Waals surface area contributed by atoms with E-state index in [0.29, 0.717) is 64.4 Å². The Morgan fingerprint density at radius 3 is 2.35 bits per heavy atom. The molecule has 1 aromatic rings. The summed E-state index contributed by atoms with van der Waals surface area (Å²) in [5, 5.41) is 0.917. The van der Waals surface area contributed by atoms with E-state index >= 15 is 0 Å². The molecular formula is C28H34O8S4. The topological polar surface area (TPSA) is 73.8 Å². The van der Waals surface area contributed by atoms with Gasteiger partial charge in [-0.05, 0) is 18.6 Å². The molecule has 8 nitrogen and oxygen atoms in total. The first-order valence-electron chi connectivity index (χ1n) is 13.4. The van der Waals surface area contributed by atoms with Crippen LogP contribution in [0.3, 0.4) is 0 Å². The molecule has 2 unspecified atom stereocenters. The zero-order valence-electron chi connectivity index (χ0n) is 23.3. The van der Waals surface area contributed by atoms with Crippen molar-refractivity contribution in [2.24, 2.45) is 5.41 Å². The Labute approximate surface area is 251 Å². The Balaban J connectivity index is 1.52. The monoisotopic (exact) mass is 626 g/mol. The van der Waals surface area contributed by atoms with Crippen LogP contribution in [0.25, 0.3) is 10.00 Å². The van der Waals surface area contributed by atoms with Crippen molar-refractivity contribution < 1.29 is 37.9 Å². The van der Waals surface area contributed by atoms with Crippen LogP contribution in [-0.2, 0) is 28.4 Å². The fourth-order valence-electron chi connectivity index (χ4n) is 4.79. The summed E-state index contributed by atoms with van der Waals surface area (Å²) in [7, 11) is 0. The summed E-state index contributed by atoms with van der Waals surface area (Å²) >= 11 is 6.57. The van der Waals surface area contributed by atoms with Crippen molar-refractivity contribution in [3.05, 3.63) is 42.4 Å². The summed E-state index contributed by atoms with van der Waals surface area (Å²) < 4.78 is 50.8. The quantitative estimate of drug-likeness (QED) is 0.457. The van der Waals surface area contributed by atoms with Crippen molar-refractivity contribution in [1.29, 1.82) is 0 Å². The predicted octanol–water partition coefficient (Wildman–Crippen LogP) is 4.74. The van der Waals surface area contributed by atoms with Crippen molar-refractivity contribution in [2.75, 3.05) is 59.1 Å². The number of ether oxygens (including phenoxy) is 8. The largest absolute Gasteiger partial charge is 0.494 e. The van der Waals surface area contributed by atoms with Gasteiger partial charge in [0.1, 0.15) is 57.0 Å². The van der Waals surface area contributed by atoms with Gasteiger partial charge < -0.3 is 37.9 Å². The average Bonchev–Trinajstić information content (AvgIpc) is 3.52. The van der Waals surface area contributed by atoms with E-state index in [1.165, 1.54) is 0 Å². The third-order valence-corrected chi connectivity index (χ3v) is 12.1. The van der Waals surface area contributed by atoms with Gasteiger partial charge >= 0.3 is 0 Å². The van der Waals surface area contributed by atoms with E-state index in [-0.39, 0.29) is 16.8 Å². The normalized spacial score (nSPS) is 29.0. The second-order valence-electron chi connectivity index (χ2n) is 10.5. The van der Waals surface area contributed by atoms with Crippen molar-refractivity contribution in [3.63, 3.8) is 0 Å². The molecule has 1 saturated heterocycles. The van der Waals surface area contributed by atoms with Crippen LogP contribution in [0.5, 0.6) is 11.5 Å². The Bertz CT molecular complexity index is 1370. The van der Waals surface area contributed by atoms with Crippen molar-refractivity contribution in [2.45, 2.75) is 39.0 Å². The van der Waals surface area contributed by atoms with Crippen molar-refractivity contribution in [3.8, 4) is 11.5 Å². The Morgan fingerprint density at radius 1 is 0.875 bits per heavy atom. The highest BCUT2D eigenvalue weighted by Gasteiger charge is 2.44. The van der Waals surface area contributed by atoms with E-state index in [4.69, 9.17) is 37.9 Å². The highest BCUT2D eigenvalue weighted by atomic mass is 32.2. The molecular weight excluding hydrogens is 593 g/mol. The lowest BCUT2D eigenvalue weighted by Crippen LogP contribution is -2.26. The molecule has 5 aliphatic rings. The standard InChI is InChI=1S/C28H34O8S4/c1-15-21(23-19-20(35-12-11-34-19)26(39-23)28(2,3)4)40-27(36-13-8-30-15)25-18-17(32-9-10-33-18)24(38-25)22(37-5)16-14-29-6-7-31-16/h14-15,26H,6-13H2,1-5H3/b23-21+,24-22+,27-25+. The molecule has 12 heteroatoms. The number of thiophene rings is 1. The van der Waals surface area contributed by atoms with Gasteiger partial charge in [-0.3, -0.25) is 0 Å². The third kappa shape index (κ3) is 5.42. The van der Waals surface area contributed by atoms with E-state index in [0.717, 1.165) is 46.1 Å². The molecule has 0 aliphatic carbocycles. The van der Waals surface area contributed by atoms with Crippen LogP contribution in [0.1, 0.15) is 27.7 Å². The van der Waals surface area contributed by atoms with Gasteiger partial charge in [-0.1, -0.05) is 32.5 Å². The summed E-state index contributed by atoms with van der Waals surface area (Å²) in [6.45, 7) is 12.8. The first-order valence-corrected chi connectivity index (χ1v) is 17.1.